The zero-order chi connectivity index (χ0) is 10.8. The quantitative estimate of drug-likeness (QED) is 0.824. The number of hydrogen-bond acceptors (Lipinski definition) is 1. The molecule has 1 aromatic rings. The molecule has 1 aromatic carbocycles. The maximum atomic E-state index is 6.15. The Hall–Kier alpha value is -0.530. The van der Waals surface area contributed by atoms with Crippen molar-refractivity contribution < 1.29 is 0 Å². The van der Waals surface area contributed by atoms with E-state index >= 15 is 0 Å². The number of benzene rings is 1. The number of aryl methyl sites for hydroxylation is 1. The van der Waals surface area contributed by atoms with Crippen LogP contribution in [0.4, 0.5) is 0 Å². The maximum Gasteiger partial charge on any atom is 0.0438 e. The summed E-state index contributed by atoms with van der Waals surface area (Å²) < 4.78 is 0. The third-order valence-electron chi connectivity index (χ3n) is 3.49. The summed E-state index contributed by atoms with van der Waals surface area (Å²) in [4.78, 5) is 0. The van der Waals surface area contributed by atoms with Gasteiger partial charge in [0.05, 0.1) is 0 Å². The Bertz CT molecular complexity index is 344. The number of nitrogens with one attached hydrogen (secondary N) is 1. The molecule has 1 atom stereocenters. The summed E-state index contributed by atoms with van der Waals surface area (Å²) in [5, 5.41) is 4.29. The molecule has 15 heavy (non-hydrogen) atoms. The molecule has 1 N–H and O–H groups in total. The highest BCUT2D eigenvalue weighted by Gasteiger charge is 2.27. The Kier molecular flexibility index (Phi) is 3.32. The second-order valence-corrected chi connectivity index (χ2v) is 4.87. The molecular formula is C13H18ClN. The summed E-state index contributed by atoms with van der Waals surface area (Å²) in [6.45, 7) is 2.05. The van der Waals surface area contributed by atoms with Crippen LogP contribution >= 0.6 is 11.6 Å². The number of rotatable bonds is 3. The fourth-order valence-corrected chi connectivity index (χ4v) is 2.44. The van der Waals surface area contributed by atoms with Gasteiger partial charge in [-0.25, -0.2) is 0 Å². The van der Waals surface area contributed by atoms with Crippen LogP contribution in [-0.2, 0) is 0 Å². The van der Waals surface area contributed by atoms with Crippen LogP contribution in [0, 0.1) is 12.8 Å². The summed E-state index contributed by atoms with van der Waals surface area (Å²) in [6.07, 6.45) is 4.07. The smallest absolute Gasteiger partial charge is 0.0438 e. The van der Waals surface area contributed by atoms with Crippen LogP contribution in [-0.4, -0.2) is 7.05 Å². The fourth-order valence-electron chi connectivity index (χ4n) is 2.25. The van der Waals surface area contributed by atoms with E-state index in [1.807, 2.05) is 14.0 Å². The molecule has 0 bridgehead atoms. The molecule has 0 heterocycles. The van der Waals surface area contributed by atoms with Crippen molar-refractivity contribution in [3.05, 3.63) is 34.3 Å². The highest BCUT2D eigenvalue weighted by atomic mass is 35.5. The van der Waals surface area contributed by atoms with Gasteiger partial charge in [-0.3, -0.25) is 0 Å². The molecule has 1 fully saturated rings. The lowest BCUT2D eigenvalue weighted by atomic mass is 9.77. The van der Waals surface area contributed by atoms with E-state index in [0.29, 0.717) is 6.04 Å². The van der Waals surface area contributed by atoms with Crippen molar-refractivity contribution in [2.45, 2.75) is 32.2 Å². The molecular weight excluding hydrogens is 206 g/mol. The van der Waals surface area contributed by atoms with E-state index in [0.717, 1.165) is 16.5 Å². The molecule has 1 unspecified atom stereocenters. The third-order valence-corrected chi connectivity index (χ3v) is 3.89. The molecule has 1 nitrogen and oxygen atoms in total. The Balaban J connectivity index is 2.21. The van der Waals surface area contributed by atoms with Gasteiger partial charge < -0.3 is 5.32 Å². The van der Waals surface area contributed by atoms with Gasteiger partial charge in [0.2, 0.25) is 0 Å². The molecule has 1 aliphatic rings. The van der Waals surface area contributed by atoms with Gasteiger partial charge in [0, 0.05) is 11.1 Å². The molecule has 1 aliphatic carbocycles. The van der Waals surface area contributed by atoms with Gasteiger partial charge in [-0.2, -0.15) is 0 Å². The Morgan fingerprint density at radius 3 is 2.60 bits per heavy atom. The van der Waals surface area contributed by atoms with Crippen molar-refractivity contribution in [2.75, 3.05) is 7.05 Å². The average molecular weight is 224 g/mol. The molecule has 0 radical (unpaired) electrons. The van der Waals surface area contributed by atoms with Crippen LogP contribution < -0.4 is 5.32 Å². The van der Waals surface area contributed by atoms with Crippen molar-refractivity contribution >= 4 is 11.6 Å². The Morgan fingerprint density at radius 1 is 1.40 bits per heavy atom. The number of hydrogen-bond donors (Lipinski definition) is 1. The SMILES string of the molecule is CNC(c1ccc(C)c(Cl)c1)C1CCC1. The standard InChI is InChI=1S/C13H18ClN/c1-9-6-7-11(8-12(9)14)13(15-2)10-4-3-5-10/h6-8,10,13,15H,3-5H2,1-2H3. The van der Waals surface area contributed by atoms with E-state index in [9.17, 15) is 0 Å². The molecule has 82 valence electrons. The normalized spacial score (nSPS) is 18.6. The largest absolute Gasteiger partial charge is 0.313 e. The van der Waals surface area contributed by atoms with E-state index in [-0.39, 0.29) is 0 Å². The van der Waals surface area contributed by atoms with Gasteiger partial charge in [-0.1, -0.05) is 30.2 Å². The summed E-state index contributed by atoms with van der Waals surface area (Å²) in [6, 6.07) is 6.90. The second kappa shape index (κ2) is 4.54. The molecule has 0 aromatic heterocycles. The topological polar surface area (TPSA) is 12.0 Å². The third kappa shape index (κ3) is 2.19. The first-order valence-corrected chi connectivity index (χ1v) is 6.03. The highest BCUT2D eigenvalue weighted by molar-refractivity contribution is 6.31. The molecule has 0 saturated heterocycles. The van der Waals surface area contributed by atoms with Crippen molar-refractivity contribution in [1.29, 1.82) is 0 Å². The van der Waals surface area contributed by atoms with Crippen LogP contribution in [0.15, 0.2) is 18.2 Å². The van der Waals surface area contributed by atoms with Crippen molar-refractivity contribution in [3.63, 3.8) is 0 Å². The zero-order valence-corrected chi connectivity index (χ0v) is 10.1. The molecule has 1 saturated carbocycles. The molecule has 2 rings (SSSR count). The predicted octanol–water partition coefficient (Wildman–Crippen LogP) is 3.71. The van der Waals surface area contributed by atoms with E-state index in [4.69, 9.17) is 11.6 Å². The van der Waals surface area contributed by atoms with Gasteiger partial charge in [0.15, 0.2) is 0 Å². The van der Waals surface area contributed by atoms with E-state index in [2.05, 4.69) is 23.5 Å². The first kappa shape index (κ1) is 11.0. The second-order valence-electron chi connectivity index (χ2n) is 4.47. The zero-order valence-electron chi connectivity index (χ0n) is 9.39. The van der Waals surface area contributed by atoms with Crippen molar-refractivity contribution in [2.24, 2.45) is 5.92 Å². The monoisotopic (exact) mass is 223 g/mol. The maximum absolute atomic E-state index is 6.15. The Morgan fingerprint density at radius 2 is 2.13 bits per heavy atom. The van der Waals surface area contributed by atoms with Gasteiger partial charge in [-0.15, -0.1) is 0 Å². The van der Waals surface area contributed by atoms with Crippen molar-refractivity contribution in [3.8, 4) is 0 Å². The lowest BCUT2D eigenvalue weighted by molar-refractivity contribution is 0.239. The Labute approximate surface area is 96.8 Å². The molecule has 0 amide bonds. The lowest BCUT2D eigenvalue weighted by Gasteiger charge is -2.34. The summed E-state index contributed by atoms with van der Waals surface area (Å²) in [5.74, 6) is 0.800. The minimum Gasteiger partial charge on any atom is -0.313 e. The fraction of sp³-hybridized carbons (Fsp3) is 0.538. The molecule has 2 heteroatoms. The van der Waals surface area contributed by atoms with Crippen LogP contribution in [0.2, 0.25) is 5.02 Å². The van der Waals surface area contributed by atoms with Crippen LogP contribution in [0.1, 0.15) is 36.4 Å². The van der Waals surface area contributed by atoms with Gasteiger partial charge >= 0.3 is 0 Å². The first-order chi connectivity index (χ1) is 7.22. The van der Waals surface area contributed by atoms with Crippen LogP contribution in [0.3, 0.4) is 0 Å². The highest BCUT2D eigenvalue weighted by Crippen LogP contribution is 2.38. The van der Waals surface area contributed by atoms with Crippen molar-refractivity contribution in [1.82, 2.24) is 5.32 Å². The minimum atomic E-state index is 0.483. The molecule has 0 spiro atoms. The van der Waals surface area contributed by atoms with Gasteiger partial charge in [0.1, 0.15) is 0 Å². The molecule has 0 aliphatic heterocycles. The summed E-state index contributed by atoms with van der Waals surface area (Å²) in [5.41, 5.74) is 2.49. The number of halogens is 1. The summed E-state index contributed by atoms with van der Waals surface area (Å²) in [7, 11) is 2.04. The van der Waals surface area contributed by atoms with Crippen LogP contribution in [0.5, 0.6) is 0 Å². The average Bonchev–Trinajstić information content (AvgIpc) is 2.16. The van der Waals surface area contributed by atoms with E-state index < -0.39 is 0 Å². The predicted molar refractivity (Wildman–Crippen MR) is 65.3 cm³/mol. The summed E-state index contributed by atoms with van der Waals surface area (Å²) >= 11 is 6.15. The first-order valence-electron chi connectivity index (χ1n) is 5.65. The van der Waals surface area contributed by atoms with E-state index in [1.165, 1.54) is 24.8 Å². The lowest BCUT2D eigenvalue weighted by Crippen LogP contribution is -2.29. The van der Waals surface area contributed by atoms with E-state index in [1.54, 1.807) is 0 Å². The minimum absolute atomic E-state index is 0.483. The van der Waals surface area contributed by atoms with Gasteiger partial charge in [0.25, 0.3) is 0 Å². The van der Waals surface area contributed by atoms with Crippen LogP contribution in [0.25, 0.3) is 0 Å². The van der Waals surface area contributed by atoms with Gasteiger partial charge in [-0.05, 0) is 49.9 Å².